The van der Waals surface area contributed by atoms with Crippen LogP contribution >= 0.6 is 22.7 Å². The van der Waals surface area contributed by atoms with Crippen LogP contribution < -0.4 is 5.73 Å². The Kier molecular flexibility index (Phi) is 2.72. The zero-order valence-electron chi connectivity index (χ0n) is 8.07. The van der Waals surface area contributed by atoms with Gasteiger partial charge in [-0.1, -0.05) is 19.1 Å². The summed E-state index contributed by atoms with van der Waals surface area (Å²) in [5.41, 5.74) is 6.17. The van der Waals surface area contributed by atoms with E-state index in [1.165, 1.54) is 9.75 Å². The van der Waals surface area contributed by atoms with E-state index in [4.69, 9.17) is 5.73 Å². The SMILES string of the molecule is CCC(N)(c1cccs1)c1cccs1. The molecule has 0 aliphatic carbocycles. The van der Waals surface area contributed by atoms with Crippen molar-refractivity contribution in [2.45, 2.75) is 18.9 Å². The van der Waals surface area contributed by atoms with E-state index in [2.05, 4.69) is 41.9 Å². The largest absolute Gasteiger partial charge is 0.316 e. The molecule has 0 atom stereocenters. The van der Waals surface area contributed by atoms with E-state index >= 15 is 0 Å². The molecular formula is C11H13NS2. The van der Waals surface area contributed by atoms with Gasteiger partial charge in [-0.15, -0.1) is 22.7 Å². The molecule has 14 heavy (non-hydrogen) atoms. The van der Waals surface area contributed by atoms with Crippen molar-refractivity contribution < 1.29 is 0 Å². The van der Waals surface area contributed by atoms with Crippen molar-refractivity contribution in [2.24, 2.45) is 5.73 Å². The van der Waals surface area contributed by atoms with Crippen molar-refractivity contribution in [1.29, 1.82) is 0 Å². The number of thiophene rings is 2. The summed E-state index contributed by atoms with van der Waals surface area (Å²) in [5, 5.41) is 4.17. The molecule has 0 radical (unpaired) electrons. The molecule has 0 unspecified atom stereocenters. The second-order valence-electron chi connectivity index (χ2n) is 3.28. The average molecular weight is 223 g/mol. The van der Waals surface area contributed by atoms with Gasteiger partial charge in [-0.2, -0.15) is 0 Å². The first-order valence-corrected chi connectivity index (χ1v) is 6.40. The Bertz CT molecular complexity index is 341. The van der Waals surface area contributed by atoms with Crippen molar-refractivity contribution in [3.05, 3.63) is 44.8 Å². The van der Waals surface area contributed by atoms with E-state index in [0.29, 0.717) is 0 Å². The smallest absolute Gasteiger partial charge is 0.0849 e. The van der Waals surface area contributed by atoms with E-state index in [1.54, 1.807) is 22.7 Å². The van der Waals surface area contributed by atoms with Gasteiger partial charge in [0.05, 0.1) is 5.54 Å². The number of rotatable bonds is 3. The zero-order chi connectivity index (χ0) is 10.0. The van der Waals surface area contributed by atoms with Gasteiger partial charge in [-0.3, -0.25) is 0 Å². The van der Waals surface area contributed by atoms with E-state index < -0.39 is 0 Å². The Hall–Kier alpha value is -0.640. The summed E-state index contributed by atoms with van der Waals surface area (Å²) in [6, 6.07) is 8.36. The molecule has 1 nitrogen and oxygen atoms in total. The molecule has 0 amide bonds. The van der Waals surface area contributed by atoms with Crippen LogP contribution in [0.4, 0.5) is 0 Å². The minimum absolute atomic E-state index is 0.275. The van der Waals surface area contributed by atoms with E-state index in [-0.39, 0.29) is 5.54 Å². The summed E-state index contributed by atoms with van der Waals surface area (Å²) in [4.78, 5) is 2.50. The topological polar surface area (TPSA) is 26.0 Å². The molecule has 2 heterocycles. The van der Waals surface area contributed by atoms with Crippen LogP contribution in [0.2, 0.25) is 0 Å². The Balaban J connectivity index is 2.45. The van der Waals surface area contributed by atoms with Gasteiger partial charge in [0.1, 0.15) is 0 Å². The van der Waals surface area contributed by atoms with Gasteiger partial charge in [0.15, 0.2) is 0 Å². The van der Waals surface area contributed by atoms with Gasteiger partial charge in [0.25, 0.3) is 0 Å². The fraction of sp³-hybridized carbons (Fsp3) is 0.273. The number of hydrogen-bond acceptors (Lipinski definition) is 3. The third-order valence-electron chi connectivity index (χ3n) is 2.48. The standard InChI is InChI=1S/C11H13NS2/c1-2-11(12,9-5-3-7-13-9)10-6-4-8-14-10/h3-8H,2,12H2,1H3. The monoisotopic (exact) mass is 223 g/mol. The predicted octanol–water partition coefficient (Wildman–Crippen LogP) is 3.42. The van der Waals surface area contributed by atoms with Crippen LogP contribution in [-0.2, 0) is 5.54 Å². The second kappa shape index (κ2) is 3.85. The molecule has 0 aromatic carbocycles. The summed E-state index contributed by atoms with van der Waals surface area (Å²) in [7, 11) is 0. The Morgan fingerprint density at radius 1 is 1.14 bits per heavy atom. The molecule has 0 aliphatic heterocycles. The van der Waals surface area contributed by atoms with Crippen LogP contribution in [0.15, 0.2) is 35.0 Å². The fourth-order valence-corrected chi connectivity index (χ4v) is 3.45. The summed E-state index contributed by atoms with van der Waals surface area (Å²) in [5.74, 6) is 0. The van der Waals surface area contributed by atoms with Gasteiger partial charge in [-0.25, -0.2) is 0 Å². The summed E-state index contributed by atoms with van der Waals surface area (Å²) >= 11 is 3.47. The lowest BCUT2D eigenvalue weighted by molar-refractivity contribution is 0.541. The van der Waals surface area contributed by atoms with E-state index in [1.807, 2.05) is 0 Å². The first-order valence-electron chi connectivity index (χ1n) is 4.64. The first kappa shape index (κ1) is 9.90. The van der Waals surface area contributed by atoms with Gasteiger partial charge in [-0.05, 0) is 29.3 Å². The van der Waals surface area contributed by atoms with Gasteiger partial charge in [0.2, 0.25) is 0 Å². The van der Waals surface area contributed by atoms with Crippen molar-refractivity contribution in [3.8, 4) is 0 Å². The summed E-state index contributed by atoms with van der Waals surface area (Å²) in [6.45, 7) is 2.14. The number of hydrogen-bond donors (Lipinski definition) is 1. The lowest BCUT2D eigenvalue weighted by atomic mass is 9.93. The maximum Gasteiger partial charge on any atom is 0.0849 e. The minimum atomic E-state index is -0.275. The van der Waals surface area contributed by atoms with Crippen molar-refractivity contribution in [1.82, 2.24) is 0 Å². The molecule has 0 bridgehead atoms. The molecule has 2 aromatic heterocycles. The summed E-state index contributed by atoms with van der Waals surface area (Å²) < 4.78 is 0. The van der Waals surface area contributed by atoms with Crippen LogP contribution in [0.1, 0.15) is 23.1 Å². The quantitative estimate of drug-likeness (QED) is 0.847. The number of nitrogens with two attached hydrogens (primary N) is 1. The Morgan fingerprint density at radius 3 is 1.93 bits per heavy atom. The van der Waals surface area contributed by atoms with Gasteiger partial charge >= 0.3 is 0 Å². The molecule has 0 saturated heterocycles. The Labute approximate surface area is 92.2 Å². The van der Waals surface area contributed by atoms with Gasteiger partial charge < -0.3 is 5.73 Å². The van der Waals surface area contributed by atoms with Crippen LogP contribution in [-0.4, -0.2) is 0 Å². The maximum absolute atomic E-state index is 6.45. The molecule has 0 fully saturated rings. The molecular weight excluding hydrogens is 210 g/mol. The highest BCUT2D eigenvalue weighted by atomic mass is 32.1. The second-order valence-corrected chi connectivity index (χ2v) is 5.17. The molecule has 3 heteroatoms. The molecule has 2 rings (SSSR count). The fourth-order valence-electron chi connectivity index (χ4n) is 1.53. The maximum atomic E-state index is 6.45. The van der Waals surface area contributed by atoms with Crippen LogP contribution in [0.25, 0.3) is 0 Å². The molecule has 0 saturated carbocycles. The highest BCUT2D eigenvalue weighted by Crippen LogP contribution is 2.35. The molecule has 0 spiro atoms. The zero-order valence-corrected chi connectivity index (χ0v) is 9.70. The van der Waals surface area contributed by atoms with Crippen LogP contribution in [0.3, 0.4) is 0 Å². The van der Waals surface area contributed by atoms with E-state index in [9.17, 15) is 0 Å². The molecule has 74 valence electrons. The van der Waals surface area contributed by atoms with Crippen LogP contribution in [0, 0.1) is 0 Å². The molecule has 2 aromatic rings. The lowest BCUT2D eigenvalue weighted by Gasteiger charge is -2.25. The summed E-state index contributed by atoms with van der Waals surface area (Å²) in [6.07, 6.45) is 0.939. The minimum Gasteiger partial charge on any atom is -0.316 e. The highest BCUT2D eigenvalue weighted by molar-refractivity contribution is 7.11. The molecule has 0 aliphatic rings. The normalized spacial score (nSPS) is 11.9. The third-order valence-corrected chi connectivity index (χ3v) is 4.57. The van der Waals surface area contributed by atoms with E-state index in [0.717, 1.165) is 6.42 Å². The predicted molar refractivity (Wildman–Crippen MR) is 63.9 cm³/mol. The Morgan fingerprint density at radius 2 is 1.64 bits per heavy atom. The lowest BCUT2D eigenvalue weighted by Crippen LogP contribution is -2.35. The first-order chi connectivity index (χ1) is 6.77. The van der Waals surface area contributed by atoms with Gasteiger partial charge in [0, 0.05) is 9.75 Å². The molecule has 2 N–H and O–H groups in total. The third kappa shape index (κ3) is 1.52. The van der Waals surface area contributed by atoms with Crippen molar-refractivity contribution >= 4 is 22.7 Å². The highest BCUT2D eigenvalue weighted by Gasteiger charge is 2.29. The van der Waals surface area contributed by atoms with Crippen molar-refractivity contribution in [3.63, 3.8) is 0 Å². The average Bonchev–Trinajstić information content (AvgIpc) is 2.88. The van der Waals surface area contributed by atoms with Crippen LogP contribution in [0.5, 0.6) is 0 Å². The van der Waals surface area contributed by atoms with Crippen molar-refractivity contribution in [2.75, 3.05) is 0 Å².